The van der Waals surface area contributed by atoms with Gasteiger partial charge in [0.05, 0.1) is 5.54 Å². The predicted molar refractivity (Wildman–Crippen MR) is 76.0 cm³/mol. The lowest BCUT2D eigenvalue weighted by molar-refractivity contribution is 0.174. The Morgan fingerprint density at radius 1 is 1.20 bits per heavy atom. The van der Waals surface area contributed by atoms with Gasteiger partial charge >= 0.3 is 0 Å². The summed E-state index contributed by atoms with van der Waals surface area (Å²) in [5.41, 5.74) is 0.808. The van der Waals surface area contributed by atoms with Crippen LogP contribution in [-0.2, 0) is 5.54 Å². The highest BCUT2D eigenvalue weighted by Gasteiger charge is 2.38. The molecule has 0 aliphatic heterocycles. The van der Waals surface area contributed by atoms with Gasteiger partial charge in [-0.3, -0.25) is 4.98 Å². The monoisotopic (exact) mass is 272 g/mol. The zero-order chi connectivity index (χ0) is 13.8. The fraction of sp³-hybridized carbons (Fsp3) is 0.533. The smallest absolute Gasteiger partial charge is 0.247 e. The first-order valence-corrected chi connectivity index (χ1v) is 7.34. The second-order valence-electron chi connectivity index (χ2n) is 5.33. The summed E-state index contributed by atoms with van der Waals surface area (Å²) in [7, 11) is 0. The van der Waals surface area contributed by atoms with E-state index in [0.29, 0.717) is 5.82 Å². The van der Waals surface area contributed by atoms with Crippen LogP contribution in [0.3, 0.4) is 0 Å². The summed E-state index contributed by atoms with van der Waals surface area (Å²) >= 11 is 0. The Hall–Kier alpha value is -1.75. The first-order chi connectivity index (χ1) is 9.84. The van der Waals surface area contributed by atoms with Crippen molar-refractivity contribution in [3.05, 3.63) is 30.4 Å². The Kier molecular flexibility index (Phi) is 3.78. The van der Waals surface area contributed by atoms with Crippen LogP contribution in [0.15, 0.2) is 29.0 Å². The van der Waals surface area contributed by atoms with Crippen LogP contribution in [0.25, 0.3) is 11.4 Å². The van der Waals surface area contributed by atoms with Crippen molar-refractivity contribution < 1.29 is 4.52 Å². The molecule has 0 bridgehead atoms. The fourth-order valence-corrected chi connectivity index (χ4v) is 3.00. The van der Waals surface area contributed by atoms with E-state index in [-0.39, 0.29) is 5.54 Å². The average Bonchev–Trinajstić information content (AvgIpc) is 3.00. The van der Waals surface area contributed by atoms with Crippen molar-refractivity contribution in [2.45, 2.75) is 44.6 Å². The predicted octanol–water partition coefficient (Wildman–Crippen LogP) is 2.90. The molecule has 2 heterocycles. The molecular weight excluding hydrogens is 252 g/mol. The molecule has 1 aliphatic rings. The average molecular weight is 272 g/mol. The van der Waals surface area contributed by atoms with Crippen molar-refractivity contribution in [2.24, 2.45) is 0 Å². The van der Waals surface area contributed by atoms with Crippen LogP contribution in [0, 0.1) is 0 Å². The van der Waals surface area contributed by atoms with Crippen molar-refractivity contribution >= 4 is 0 Å². The van der Waals surface area contributed by atoms with Crippen molar-refractivity contribution in [3.63, 3.8) is 0 Å². The molecule has 2 aromatic heterocycles. The van der Waals surface area contributed by atoms with Gasteiger partial charge in [-0.1, -0.05) is 31.3 Å². The summed E-state index contributed by atoms with van der Waals surface area (Å²) in [4.78, 5) is 8.64. The standard InChI is InChI=1S/C15H20N4O/c1-2-17-15(8-4-3-5-9-15)14-18-13(19-20-14)12-6-10-16-11-7-12/h6-7,10-11,17H,2-5,8-9H2,1H3. The van der Waals surface area contributed by atoms with E-state index in [1.807, 2.05) is 12.1 Å². The molecule has 2 aromatic rings. The van der Waals surface area contributed by atoms with Gasteiger partial charge in [-0.25, -0.2) is 0 Å². The van der Waals surface area contributed by atoms with E-state index in [2.05, 4.69) is 27.4 Å². The van der Waals surface area contributed by atoms with Gasteiger partial charge in [0.1, 0.15) is 0 Å². The van der Waals surface area contributed by atoms with Gasteiger partial charge in [-0.2, -0.15) is 4.98 Å². The highest BCUT2D eigenvalue weighted by molar-refractivity contribution is 5.52. The first kappa shape index (κ1) is 13.2. The van der Waals surface area contributed by atoms with Crippen LogP contribution in [-0.4, -0.2) is 21.7 Å². The van der Waals surface area contributed by atoms with E-state index in [4.69, 9.17) is 4.52 Å². The van der Waals surface area contributed by atoms with Crippen LogP contribution < -0.4 is 5.32 Å². The third-order valence-corrected chi connectivity index (χ3v) is 4.00. The van der Waals surface area contributed by atoms with Crippen LogP contribution in [0.4, 0.5) is 0 Å². The molecule has 0 atom stereocenters. The van der Waals surface area contributed by atoms with Crippen molar-refractivity contribution in [1.29, 1.82) is 0 Å². The van der Waals surface area contributed by atoms with E-state index in [9.17, 15) is 0 Å². The van der Waals surface area contributed by atoms with Gasteiger partial charge in [-0.05, 0) is 31.5 Å². The number of hydrogen-bond acceptors (Lipinski definition) is 5. The number of aromatic nitrogens is 3. The Labute approximate surface area is 118 Å². The third-order valence-electron chi connectivity index (χ3n) is 4.00. The number of hydrogen-bond donors (Lipinski definition) is 1. The maximum atomic E-state index is 5.57. The molecule has 0 radical (unpaired) electrons. The number of nitrogens with one attached hydrogen (secondary N) is 1. The number of rotatable bonds is 4. The van der Waals surface area contributed by atoms with Crippen LogP contribution >= 0.6 is 0 Å². The highest BCUT2D eigenvalue weighted by Crippen LogP contribution is 2.36. The summed E-state index contributed by atoms with van der Waals surface area (Å²) in [6, 6.07) is 3.80. The minimum Gasteiger partial charge on any atom is -0.337 e. The van der Waals surface area contributed by atoms with Crippen LogP contribution in [0.1, 0.15) is 44.9 Å². The van der Waals surface area contributed by atoms with Crippen molar-refractivity contribution in [2.75, 3.05) is 6.54 Å². The molecule has 0 unspecified atom stereocenters. The molecule has 5 heteroatoms. The minimum atomic E-state index is -0.134. The number of nitrogens with zero attached hydrogens (tertiary/aromatic N) is 3. The summed E-state index contributed by atoms with van der Waals surface area (Å²) in [6.07, 6.45) is 9.33. The Balaban J connectivity index is 1.91. The van der Waals surface area contributed by atoms with Gasteiger partial charge in [0.15, 0.2) is 0 Å². The maximum absolute atomic E-state index is 5.57. The molecule has 0 spiro atoms. The van der Waals surface area contributed by atoms with Gasteiger partial charge < -0.3 is 9.84 Å². The molecule has 1 N–H and O–H groups in total. The maximum Gasteiger partial charge on any atom is 0.247 e. The van der Waals surface area contributed by atoms with E-state index in [1.165, 1.54) is 19.3 Å². The van der Waals surface area contributed by atoms with Crippen molar-refractivity contribution in [3.8, 4) is 11.4 Å². The molecule has 0 aromatic carbocycles. The van der Waals surface area contributed by atoms with Crippen molar-refractivity contribution in [1.82, 2.24) is 20.4 Å². The van der Waals surface area contributed by atoms with E-state index < -0.39 is 0 Å². The zero-order valence-electron chi connectivity index (χ0n) is 11.8. The highest BCUT2D eigenvalue weighted by atomic mass is 16.5. The molecular formula is C15H20N4O. The summed E-state index contributed by atoms with van der Waals surface area (Å²) in [6.45, 7) is 3.03. The second-order valence-corrected chi connectivity index (χ2v) is 5.33. The van der Waals surface area contributed by atoms with Crippen LogP contribution in [0.5, 0.6) is 0 Å². The second kappa shape index (κ2) is 5.71. The lowest BCUT2D eigenvalue weighted by Gasteiger charge is -2.34. The summed E-state index contributed by atoms with van der Waals surface area (Å²) in [5, 5.41) is 7.71. The first-order valence-electron chi connectivity index (χ1n) is 7.34. The fourth-order valence-electron chi connectivity index (χ4n) is 3.00. The Morgan fingerprint density at radius 2 is 1.95 bits per heavy atom. The Morgan fingerprint density at radius 3 is 2.65 bits per heavy atom. The lowest BCUT2D eigenvalue weighted by atomic mass is 9.81. The molecule has 0 amide bonds. The molecule has 106 valence electrons. The molecule has 20 heavy (non-hydrogen) atoms. The molecule has 0 saturated heterocycles. The normalized spacial score (nSPS) is 18.1. The third kappa shape index (κ3) is 2.45. The molecule has 1 fully saturated rings. The number of pyridine rings is 1. The van der Waals surface area contributed by atoms with Gasteiger partial charge in [-0.15, -0.1) is 0 Å². The molecule has 5 nitrogen and oxygen atoms in total. The molecule has 1 saturated carbocycles. The minimum absolute atomic E-state index is 0.134. The SMILES string of the molecule is CCNC1(c2nc(-c3ccncc3)no2)CCCCC1. The summed E-state index contributed by atoms with van der Waals surface area (Å²) < 4.78 is 5.57. The Bertz CT molecular complexity index is 541. The quantitative estimate of drug-likeness (QED) is 0.927. The zero-order valence-corrected chi connectivity index (χ0v) is 11.8. The van der Waals surface area contributed by atoms with E-state index in [1.54, 1.807) is 12.4 Å². The van der Waals surface area contributed by atoms with E-state index in [0.717, 1.165) is 30.8 Å². The van der Waals surface area contributed by atoms with E-state index >= 15 is 0 Å². The van der Waals surface area contributed by atoms with Gasteiger partial charge in [0.2, 0.25) is 11.7 Å². The molecule has 3 rings (SSSR count). The van der Waals surface area contributed by atoms with Gasteiger partial charge in [0, 0.05) is 18.0 Å². The van der Waals surface area contributed by atoms with Gasteiger partial charge in [0.25, 0.3) is 0 Å². The lowest BCUT2D eigenvalue weighted by Crippen LogP contribution is -2.44. The van der Waals surface area contributed by atoms with Crippen LogP contribution in [0.2, 0.25) is 0 Å². The molecule has 1 aliphatic carbocycles. The summed E-state index contributed by atoms with van der Waals surface area (Å²) in [5.74, 6) is 1.37. The topological polar surface area (TPSA) is 63.8 Å². The largest absolute Gasteiger partial charge is 0.337 e.